The van der Waals surface area contributed by atoms with Crippen molar-refractivity contribution in [1.82, 2.24) is 25.1 Å². The molecular formula is C14H19N5OS. The smallest absolute Gasteiger partial charge is 0.222 e. The van der Waals surface area contributed by atoms with E-state index in [1.165, 1.54) is 0 Å². The molecule has 2 N–H and O–H groups in total. The zero-order valence-electron chi connectivity index (χ0n) is 12.4. The number of nitrogens with one attached hydrogen (secondary N) is 2. The number of carbonyl (C=O) groups is 1. The van der Waals surface area contributed by atoms with E-state index < -0.39 is 0 Å². The summed E-state index contributed by atoms with van der Waals surface area (Å²) in [5.74, 6) is 0.627. The van der Waals surface area contributed by atoms with Crippen molar-refractivity contribution in [3.05, 3.63) is 29.2 Å². The maximum absolute atomic E-state index is 11.9. The lowest BCUT2D eigenvalue weighted by molar-refractivity contribution is -0.122. The fourth-order valence-electron chi connectivity index (χ4n) is 1.91. The highest BCUT2D eigenvalue weighted by atomic mass is 32.1. The van der Waals surface area contributed by atoms with Gasteiger partial charge in [0.15, 0.2) is 10.6 Å². The lowest BCUT2D eigenvalue weighted by Gasteiger charge is -2.20. The summed E-state index contributed by atoms with van der Waals surface area (Å²) in [6.45, 7) is 6.32. The second kappa shape index (κ2) is 6.17. The number of pyridine rings is 1. The average molecular weight is 305 g/mol. The molecule has 2 rings (SSSR count). The Bertz CT molecular complexity index is 669. The van der Waals surface area contributed by atoms with Crippen LogP contribution in [0, 0.1) is 4.77 Å². The molecule has 0 aliphatic heterocycles. The molecule has 0 atom stereocenters. The minimum absolute atomic E-state index is 0.0161. The van der Waals surface area contributed by atoms with Crippen LogP contribution in [0.1, 0.15) is 27.2 Å². The molecule has 6 nitrogen and oxygen atoms in total. The molecule has 2 aromatic heterocycles. The summed E-state index contributed by atoms with van der Waals surface area (Å²) in [5.41, 5.74) is 0.486. The van der Waals surface area contributed by atoms with Gasteiger partial charge in [-0.25, -0.2) is 0 Å². The third kappa shape index (κ3) is 4.22. The van der Waals surface area contributed by atoms with Gasteiger partial charge in [-0.3, -0.25) is 19.4 Å². The van der Waals surface area contributed by atoms with Gasteiger partial charge >= 0.3 is 0 Å². The Morgan fingerprint density at radius 2 is 2.19 bits per heavy atom. The molecule has 0 radical (unpaired) electrons. The standard InChI is InChI=1S/C14H19N5OS/c1-14(2,3)16-11(20)7-9-19-12(17-18-13(19)21)10-6-4-5-8-15-10/h4-6,8H,7,9H2,1-3H3,(H,16,20)(H,18,21). The van der Waals surface area contributed by atoms with E-state index in [0.29, 0.717) is 23.6 Å². The maximum atomic E-state index is 11.9. The highest BCUT2D eigenvalue weighted by Crippen LogP contribution is 2.14. The molecule has 2 heterocycles. The van der Waals surface area contributed by atoms with Gasteiger partial charge < -0.3 is 5.32 Å². The monoisotopic (exact) mass is 305 g/mol. The molecule has 0 unspecified atom stereocenters. The molecule has 0 aliphatic carbocycles. The van der Waals surface area contributed by atoms with Crippen LogP contribution in [0.4, 0.5) is 0 Å². The van der Waals surface area contributed by atoms with Crippen LogP contribution in [-0.2, 0) is 11.3 Å². The highest BCUT2D eigenvalue weighted by Gasteiger charge is 2.15. The van der Waals surface area contributed by atoms with Gasteiger partial charge in [0.25, 0.3) is 0 Å². The number of aromatic nitrogens is 4. The van der Waals surface area contributed by atoms with Crippen LogP contribution in [0.5, 0.6) is 0 Å². The Hall–Kier alpha value is -2.02. The zero-order chi connectivity index (χ0) is 15.5. The van der Waals surface area contributed by atoms with Gasteiger partial charge in [-0.15, -0.1) is 0 Å². The molecule has 0 aliphatic rings. The number of amides is 1. The first-order chi connectivity index (χ1) is 9.87. The van der Waals surface area contributed by atoms with Gasteiger partial charge in [-0.05, 0) is 45.1 Å². The molecule has 0 fully saturated rings. The Kier molecular flexibility index (Phi) is 4.52. The number of rotatable bonds is 4. The van der Waals surface area contributed by atoms with E-state index in [1.54, 1.807) is 10.8 Å². The quantitative estimate of drug-likeness (QED) is 0.850. The fraction of sp³-hybridized carbons (Fsp3) is 0.429. The molecule has 1 amide bonds. The van der Waals surface area contributed by atoms with E-state index in [4.69, 9.17) is 12.2 Å². The van der Waals surface area contributed by atoms with Crippen LogP contribution in [0.3, 0.4) is 0 Å². The van der Waals surface area contributed by atoms with Crippen LogP contribution >= 0.6 is 12.2 Å². The van der Waals surface area contributed by atoms with Crippen LogP contribution < -0.4 is 5.32 Å². The summed E-state index contributed by atoms with van der Waals surface area (Å²) >= 11 is 5.22. The molecule has 112 valence electrons. The van der Waals surface area contributed by atoms with Gasteiger partial charge in [0, 0.05) is 24.7 Å². The zero-order valence-corrected chi connectivity index (χ0v) is 13.2. The van der Waals surface area contributed by atoms with Gasteiger partial charge in [0.1, 0.15) is 5.69 Å². The summed E-state index contributed by atoms with van der Waals surface area (Å²) in [7, 11) is 0. The second-order valence-corrected chi connectivity index (χ2v) is 6.15. The normalized spacial score (nSPS) is 11.4. The first kappa shape index (κ1) is 15.4. The molecule has 0 aromatic carbocycles. The first-order valence-electron chi connectivity index (χ1n) is 6.74. The number of nitrogens with zero attached hydrogens (tertiary/aromatic N) is 3. The fourth-order valence-corrected chi connectivity index (χ4v) is 2.13. The largest absolute Gasteiger partial charge is 0.351 e. The van der Waals surface area contributed by atoms with Crippen molar-refractivity contribution in [2.45, 2.75) is 39.3 Å². The van der Waals surface area contributed by atoms with Crippen molar-refractivity contribution >= 4 is 18.1 Å². The third-order valence-corrected chi connectivity index (χ3v) is 3.04. The van der Waals surface area contributed by atoms with Crippen LogP contribution in [0.25, 0.3) is 11.5 Å². The van der Waals surface area contributed by atoms with E-state index in [2.05, 4.69) is 20.5 Å². The van der Waals surface area contributed by atoms with Crippen LogP contribution in [0.15, 0.2) is 24.4 Å². The summed E-state index contributed by atoms with van der Waals surface area (Å²) in [5, 5.41) is 9.87. The summed E-state index contributed by atoms with van der Waals surface area (Å²) < 4.78 is 2.28. The van der Waals surface area contributed by atoms with Crippen molar-refractivity contribution in [2.24, 2.45) is 0 Å². The molecule has 7 heteroatoms. The highest BCUT2D eigenvalue weighted by molar-refractivity contribution is 7.71. The molecule has 0 bridgehead atoms. The Balaban J connectivity index is 2.13. The van der Waals surface area contributed by atoms with Crippen LogP contribution in [0.2, 0.25) is 0 Å². The van der Waals surface area contributed by atoms with E-state index in [0.717, 1.165) is 5.69 Å². The number of hydrogen-bond donors (Lipinski definition) is 2. The third-order valence-electron chi connectivity index (χ3n) is 2.73. The van der Waals surface area contributed by atoms with Gasteiger partial charge in [0.2, 0.25) is 5.91 Å². The van der Waals surface area contributed by atoms with E-state index in [1.807, 2.05) is 39.0 Å². The predicted octanol–water partition coefficient (Wildman–Crippen LogP) is 2.31. The van der Waals surface area contributed by atoms with Gasteiger partial charge in [0.05, 0.1) is 0 Å². The predicted molar refractivity (Wildman–Crippen MR) is 83.2 cm³/mol. The summed E-state index contributed by atoms with van der Waals surface area (Å²) in [6.07, 6.45) is 2.04. The number of hydrogen-bond acceptors (Lipinski definition) is 4. The van der Waals surface area contributed by atoms with Crippen molar-refractivity contribution in [3.63, 3.8) is 0 Å². The molecule has 0 saturated carbocycles. The lowest BCUT2D eigenvalue weighted by atomic mass is 10.1. The van der Waals surface area contributed by atoms with Gasteiger partial charge in [-0.2, -0.15) is 5.10 Å². The van der Waals surface area contributed by atoms with Crippen LogP contribution in [-0.4, -0.2) is 31.2 Å². The average Bonchev–Trinajstić information content (AvgIpc) is 2.77. The van der Waals surface area contributed by atoms with Crippen molar-refractivity contribution in [1.29, 1.82) is 0 Å². The van der Waals surface area contributed by atoms with Crippen molar-refractivity contribution in [2.75, 3.05) is 0 Å². The Morgan fingerprint density at radius 3 is 2.81 bits per heavy atom. The molecule has 0 spiro atoms. The molecule has 21 heavy (non-hydrogen) atoms. The Morgan fingerprint density at radius 1 is 1.43 bits per heavy atom. The van der Waals surface area contributed by atoms with Gasteiger partial charge in [-0.1, -0.05) is 6.07 Å². The SMILES string of the molecule is CC(C)(C)NC(=O)CCn1c(-c2ccccn2)n[nH]c1=S. The number of H-pyrrole nitrogens is 1. The van der Waals surface area contributed by atoms with Crippen molar-refractivity contribution in [3.8, 4) is 11.5 Å². The summed E-state index contributed by atoms with van der Waals surface area (Å²) in [4.78, 5) is 16.2. The topological polar surface area (TPSA) is 75.6 Å². The molecule has 0 saturated heterocycles. The summed E-state index contributed by atoms with van der Waals surface area (Å²) in [6, 6.07) is 5.58. The molecule has 2 aromatic rings. The number of aromatic amines is 1. The second-order valence-electron chi connectivity index (χ2n) is 5.77. The maximum Gasteiger partial charge on any atom is 0.222 e. The molecular weight excluding hydrogens is 286 g/mol. The minimum Gasteiger partial charge on any atom is -0.351 e. The van der Waals surface area contributed by atoms with Crippen molar-refractivity contribution < 1.29 is 4.79 Å². The number of carbonyl (C=O) groups excluding carboxylic acids is 1. The first-order valence-corrected chi connectivity index (χ1v) is 7.15. The van der Waals surface area contributed by atoms with E-state index in [9.17, 15) is 4.79 Å². The minimum atomic E-state index is -0.237. The van der Waals surface area contributed by atoms with E-state index >= 15 is 0 Å². The van der Waals surface area contributed by atoms with E-state index in [-0.39, 0.29) is 11.4 Å². The lowest BCUT2D eigenvalue weighted by Crippen LogP contribution is -2.40. The Labute approximate surface area is 128 Å².